The highest BCUT2D eigenvalue weighted by molar-refractivity contribution is 7.91. The zero-order valence-corrected chi connectivity index (χ0v) is 42.1. The van der Waals surface area contributed by atoms with E-state index in [4.69, 9.17) is 24.2 Å². The fraction of sp³-hybridized carbons (Fsp3) is 0.600. The zero-order chi connectivity index (χ0) is 49.3. The molecule has 6 rings (SSSR count). The van der Waals surface area contributed by atoms with Gasteiger partial charge in [-0.3, -0.25) is 19.4 Å². The number of aliphatic hydroxyl groups excluding tert-OH is 1. The number of rotatable bonds is 7. The Morgan fingerprint density at radius 3 is 1.35 bits per heavy atom. The van der Waals surface area contributed by atoms with E-state index in [0.717, 1.165) is 12.5 Å². The largest absolute Gasteiger partial charge is 0.461 e. The third-order valence-electron chi connectivity index (χ3n) is 10.2. The number of amides is 2. The first kappa shape index (κ1) is 55.5. The van der Waals surface area contributed by atoms with E-state index in [1.165, 1.54) is 13.8 Å². The second kappa shape index (κ2) is 21.0. The van der Waals surface area contributed by atoms with E-state index in [2.05, 4.69) is 11.6 Å². The predicted octanol–water partition coefficient (Wildman–Crippen LogP) is 7.74. The quantitative estimate of drug-likeness (QED) is 0.106. The van der Waals surface area contributed by atoms with E-state index in [0.29, 0.717) is 71.0 Å². The first-order valence-electron chi connectivity index (χ1n) is 21.1. The van der Waals surface area contributed by atoms with Crippen LogP contribution in [0.4, 0.5) is 9.59 Å². The van der Waals surface area contributed by atoms with Crippen LogP contribution in [0.15, 0.2) is 34.1 Å². The van der Waals surface area contributed by atoms with Crippen molar-refractivity contribution in [1.29, 1.82) is 0 Å². The van der Waals surface area contributed by atoms with Gasteiger partial charge in [-0.25, -0.2) is 36.4 Å². The summed E-state index contributed by atoms with van der Waals surface area (Å²) >= 11 is 4.64. The molecule has 2 atom stereocenters. The first-order chi connectivity index (χ1) is 29.7. The van der Waals surface area contributed by atoms with Gasteiger partial charge in [-0.15, -0.1) is 0 Å². The van der Waals surface area contributed by atoms with Crippen LogP contribution in [0.2, 0.25) is 0 Å². The van der Waals surface area contributed by atoms with Gasteiger partial charge in [0.1, 0.15) is 29.5 Å². The Hall–Kier alpha value is -4.79. The van der Waals surface area contributed by atoms with Crippen LogP contribution in [0.25, 0.3) is 22.1 Å². The lowest BCUT2D eigenvalue weighted by atomic mass is 10.0. The molecule has 2 aromatic heterocycles. The summed E-state index contributed by atoms with van der Waals surface area (Å²) in [6.45, 7) is 22.8. The Kier molecular flexibility index (Phi) is 17.7. The Balaban J connectivity index is 0.000000321. The highest BCUT2D eigenvalue weighted by atomic mass is 35.5. The summed E-state index contributed by atoms with van der Waals surface area (Å²) in [5.74, 6) is 0.998. The Morgan fingerprint density at radius 1 is 0.697 bits per heavy atom. The van der Waals surface area contributed by atoms with Crippen LogP contribution in [-0.4, -0.2) is 111 Å². The molecule has 2 amide bonds. The van der Waals surface area contributed by atoms with E-state index < -0.39 is 49.5 Å². The molecule has 368 valence electrons. The molecule has 0 spiro atoms. The van der Waals surface area contributed by atoms with E-state index in [1.807, 2.05) is 78.4 Å². The average Bonchev–Trinajstić information content (AvgIpc) is 3.70. The number of carbonyl (C=O) groups is 4. The molecule has 4 aromatic rings. The number of fused-ring (bicyclic) bond motifs is 6. The van der Waals surface area contributed by atoms with Crippen molar-refractivity contribution >= 4 is 76.7 Å². The van der Waals surface area contributed by atoms with Crippen LogP contribution in [0, 0.1) is 11.8 Å². The summed E-state index contributed by atoms with van der Waals surface area (Å²) in [5, 5.41) is 9.28. The van der Waals surface area contributed by atoms with Gasteiger partial charge in [0.15, 0.2) is 19.7 Å². The summed E-state index contributed by atoms with van der Waals surface area (Å²) < 4.78 is 69.4. The number of halogens is 1. The highest BCUT2D eigenvalue weighted by Crippen LogP contribution is 2.38. The van der Waals surface area contributed by atoms with E-state index >= 15 is 0 Å². The Morgan fingerprint density at radius 2 is 1.05 bits per heavy atom. The number of sulfone groups is 2. The van der Waals surface area contributed by atoms with Crippen molar-refractivity contribution < 1.29 is 55.3 Å². The molecule has 66 heavy (non-hydrogen) atoms. The smallest absolute Gasteiger partial charge is 0.410 e. The Bertz CT molecular complexity index is 2680. The predicted molar refractivity (Wildman–Crippen MR) is 251 cm³/mol. The lowest BCUT2D eigenvalue weighted by molar-refractivity contribution is -0.142. The average molecular weight is 984 g/mol. The lowest BCUT2D eigenvalue weighted by Gasteiger charge is -2.38. The van der Waals surface area contributed by atoms with Crippen molar-refractivity contribution in [1.82, 2.24) is 28.9 Å². The molecule has 0 fully saturated rings. The molecule has 0 aliphatic carbocycles. The van der Waals surface area contributed by atoms with Crippen molar-refractivity contribution in [2.45, 2.75) is 150 Å². The molecular weight excluding hydrogens is 916 g/mol. The molecule has 0 saturated carbocycles. The van der Waals surface area contributed by atoms with Gasteiger partial charge in [-0.2, -0.15) is 0 Å². The first-order valence-corrected chi connectivity index (χ1v) is 25.3. The summed E-state index contributed by atoms with van der Waals surface area (Å²) in [5.41, 5.74) is 2.02. The molecule has 1 N–H and O–H groups in total. The summed E-state index contributed by atoms with van der Waals surface area (Å²) in [6, 6.07) is 5.80. The normalized spacial score (nSPS) is 16.3. The minimum Gasteiger partial charge on any atom is -0.461 e. The van der Waals surface area contributed by atoms with Gasteiger partial charge in [-0.1, -0.05) is 35.1 Å². The fourth-order valence-electron chi connectivity index (χ4n) is 7.79. The third kappa shape index (κ3) is 13.4. The number of esters is 1. The van der Waals surface area contributed by atoms with Crippen molar-refractivity contribution in [2.24, 2.45) is 11.8 Å². The van der Waals surface area contributed by atoms with Gasteiger partial charge in [0, 0.05) is 58.1 Å². The number of hydrogen-bond acceptors (Lipinski definition) is 14. The van der Waals surface area contributed by atoms with Crippen LogP contribution in [0.3, 0.4) is 0 Å². The summed E-state index contributed by atoms with van der Waals surface area (Å²) in [4.78, 5) is 59.2. The molecule has 0 saturated heterocycles. The monoisotopic (exact) mass is 982 g/mol. The second-order valence-electron chi connectivity index (χ2n) is 18.8. The highest BCUT2D eigenvalue weighted by Gasteiger charge is 2.40. The fourth-order valence-corrected chi connectivity index (χ4v) is 9.64. The molecule has 18 nitrogen and oxygen atoms in total. The zero-order valence-electron chi connectivity index (χ0n) is 39.7. The molecule has 0 unspecified atom stereocenters. The number of imidazole rings is 2. The molecule has 0 radical (unpaired) electrons. The van der Waals surface area contributed by atoms with Crippen molar-refractivity contribution in [3.63, 3.8) is 0 Å². The molecular formula is C45H67ClN6O12S2. The number of aromatic nitrogens is 4. The summed E-state index contributed by atoms with van der Waals surface area (Å²) in [7, 11) is -7.07. The van der Waals surface area contributed by atoms with Crippen LogP contribution in [0.1, 0.15) is 125 Å². The van der Waals surface area contributed by atoms with Gasteiger partial charge in [0.25, 0.3) is 0 Å². The van der Waals surface area contributed by atoms with Gasteiger partial charge in [-0.05, 0) is 94.8 Å². The molecule has 2 aromatic carbocycles. The van der Waals surface area contributed by atoms with Crippen LogP contribution in [0.5, 0.6) is 0 Å². The second-order valence-corrected chi connectivity index (χ2v) is 23.3. The summed E-state index contributed by atoms with van der Waals surface area (Å²) in [6.07, 6.45) is 1.46. The number of carbonyl (C=O) groups excluding carboxylic acids is 4. The molecule has 2 aliphatic heterocycles. The van der Waals surface area contributed by atoms with Crippen molar-refractivity contribution in [3.05, 3.63) is 47.0 Å². The van der Waals surface area contributed by atoms with E-state index in [9.17, 15) is 41.1 Å². The lowest BCUT2D eigenvalue weighted by Crippen LogP contribution is -2.46. The number of ether oxygens (including phenoxy) is 3. The van der Waals surface area contributed by atoms with Crippen LogP contribution in [-0.2, 0) is 69.8 Å². The minimum atomic E-state index is -3.57. The molecule has 21 heteroatoms. The maximum atomic E-state index is 12.9. The maximum Gasteiger partial charge on any atom is 0.410 e. The topological polar surface area (TPSA) is 227 Å². The molecule has 0 bridgehead atoms. The van der Waals surface area contributed by atoms with Crippen LogP contribution < -0.4 is 0 Å². The van der Waals surface area contributed by atoms with Crippen LogP contribution >= 0.6 is 11.6 Å². The number of aliphatic hydroxyl groups is 1. The molecule has 2 aliphatic rings. The Labute approximate surface area is 393 Å². The standard InChI is InChI=1S/C22H31N3O6S.C20H29N3O5S.C2H3ClO.CH4/c1-13(2)19-20-23-16-10-15(12-30-14(3)26)18(32(7,28)29)11-17(16)24(20)8-9-25(19)21(27)31-22(4,5)6;1-12(2)17-18-21-14-9-13(11-24)16(29(6,26)27)10-15(14)22(18)7-8-23(17)19(25)28-20(3,4)5;1-2(3)4;/h10-11,13,19H,8-9,12H2,1-7H3;9-10,12,17,24H,7-8,11H2,1-6H3;1H3;1H4/t19-;17-;;/m11../s1. The van der Waals surface area contributed by atoms with Gasteiger partial charge >= 0.3 is 18.2 Å². The van der Waals surface area contributed by atoms with Crippen molar-refractivity contribution in [3.8, 4) is 0 Å². The number of hydrogen-bond donors (Lipinski definition) is 1. The SMILES string of the molecule is C.CC(=O)Cl.CC(=O)OCc1cc2nc3n(c2cc1S(C)(=O)=O)CCN(C(=O)OC(C)(C)C)[C@@H]3C(C)C.CC(C)[C@@H]1c2nc3cc(CO)c(S(C)(=O)=O)cc3n2CCN1C(=O)OC(C)(C)C. The van der Waals surface area contributed by atoms with Gasteiger partial charge in [0.05, 0.1) is 50.5 Å². The number of nitrogens with zero attached hydrogens (tertiary/aromatic N) is 6. The van der Waals surface area contributed by atoms with E-state index in [1.54, 1.807) is 34.1 Å². The minimum absolute atomic E-state index is 0. The van der Waals surface area contributed by atoms with Crippen molar-refractivity contribution in [2.75, 3.05) is 25.6 Å². The molecule has 4 heterocycles. The third-order valence-corrected chi connectivity index (χ3v) is 12.5. The maximum absolute atomic E-state index is 12.9. The van der Waals surface area contributed by atoms with E-state index in [-0.39, 0.29) is 59.1 Å². The number of benzene rings is 2. The van der Waals surface area contributed by atoms with Gasteiger partial charge in [0.2, 0.25) is 5.24 Å². The van der Waals surface area contributed by atoms with Gasteiger partial charge < -0.3 is 28.5 Å².